The molecule has 0 aromatic heterocycles. The monoisotopic (exact) mass is 320 g/mol. The first kappa shape index (κ1) is 14.2. The number of anilines is 1. The van der Waals surface area contributed by atoms with Crippen LogP contribution in [-0.4, -0.2) is 28.8 Å². The van der Waals surface area contributed by atoms with Crippen molar-refractivity contribution in [1.82, 2.24) is 5.32 Å². The van der Waals surface area contributed by atoms with Crippen molar-refractivity contribution in [1.29, 1.82) is 0 Å². The molecule has 8 heteroatoms. The predicted octanol–water partition coefficient (Wildman–Crippen LogP) is 1.89. The molecule has 1 aromatic carbocycles. The van der Waals surface area contributed by atoms with Gasteiger partial charge in [-0.05, 0) is 12.1 Å². The van der Waals surface area contributed by atoms with E-state index in [2.05, 4.69) is 26.6 Å². The Labute approximate surface area is 110 Å². The number of hydrogen-bond donors (Lipinski definition) is 4. The highest BCUT2D eigenvalue weighted by molar-refractivity contribution is 9.10. The van der Waals surface area contributed by atoms with E-state index in [0.717, 1.165) is 6.07 Å². The van der Waals surface area contributed by atoms with Crippen molar-refractivity contribution < 1.29 is 24.2 Å². The van der Waals surface area contributed by atoms with Gasteiger partial charge in [0.15, 0.2) is 11.6 Å². The minimum atomic E-state index is -1.05. The molecule has 0 unspecified atom stereocenters. The van der Waals surface area contributed by atoms with Crippen LogP contribution < -0.4 is 10.6 Å². The second kappa shape index (κ2) is 6.20. The van der Waals surface area contributed by atoms with Crippen LogP contribution >= 0.6 is 15.9 Å². The van der Waals surface area contributed by atoms with Crippen molar-refractivity contribution in [2.24, 2.45) is 0 Å². The van der Waals surface area contributed by atoms with Gasteiger partial charge in [0.1, 0.15) is 0 Å². The number of carbonyl (C=O) groups excluding carboxylic acids is 1. The summed E-state index contributed by atoms with van der Waals surface area (Å²) in [6.07, 6.45) is -0.230. The average molecular weight is 321 g/mol. The van der Waals surface area contributed by atoms with Crippen molar-refractivity contribution in [3.05, 3.63) is 22.4 Å². The summed E-state index contributed by atoms with van der Waals surface area (Å²) in [7, 11) is 0. The lowest BCUT2D eigenvalue weighted by atomic mass is 10.3. The summed E-state index contributed by atoms with van der Waals surface area (Å²) < 4.78 is 13.5. The molecule has 1 aromatic rings. The second-order valence-electron chi connectivity index (χ2n) is 3.31. The first-order valence-corrected chi connectivity index (χ1v) is 5.64. The number of carboxylic acid groups (broad SMARTS) is 1. The highest BCUT2D eigenvalue weighted by Gasteiger charge is 2.11. The van der Waals surface area contributed by atoms with Gasteiger partial charge in [0, 0.05) is 11.0 Å². The molecule has 2 amide bonds. The number of halogens is 2. The van der Waals surface area contributed by atoms with Crippen molar-refractivity contribution >= 4 is 33.6 Å². The van der Waals surface area contributed by atoms with E-state index in [1.807, 2.05) is 0 Å². The van der Waals surface area contributed by atoms with Crippen LogP contribution in [0.2, 0.25) is 0 Å². The Hall–Kier alpha value is -1.83. The van der Waals surface area contributed by atoms with Gasteiger partial charge in [0.05, 0.1) is 12.1 Å². The third kappa shape index (κ3) is 4.21. The molecule has 0 fully saturated rings. The molecular weight excluding hydrogens is 311 g/mol. The Morgan fingerprint density at radius 1 is 1.39 bits per heavy atom. The van der Waals surface area contributed by atoms with Crippen LogP contribution in [0.25, 0.3) is 0 Å². The van der Waals surface area contributed by atoms with Gasteiger partial charge in [-0.3, -0.25) is 4.79 Å². The fraction of sp³-hybridized carbons (Fsp3) is 0.200. The maximum atomic E-state index is 13.1. The maximum Gasteiger partial charge on any atom is 0.319 e. The molecule has 18 heavy (non-hydrogen) atoms. The van der Waals surface area contributed by atoms with E-state index in [9.17, 15) is 19.1 Å². The summed E-state index contributed by atoms with van der Waals surface area (Å²) >= 11 is 3.01. The number of urea groups is 1. The molecule has 0 radical (unpaired) electrons. The fourth-order valence-corrected chi connectivity index (χ4v) is 1.54. The lowest BCUT2D eigenvalue weighted by Crippen LogP contribution is -2.30. The van der Waals surface area contributed by atoms with E-state index < -0.39 is 23.6 Å². The molecule has 1 rings (SSSR count). The number of aliphatic carboxylic acids is 1. The van der Waals surface area contributed by atoms with Crippen molar-refractivity contribution in [2.75, 3.05) is 11.9 Å². The minimum absolute atomic E-state index is 0.0710. The lowest BCUT2D eigenvalue weighted by molar-refractivity contribution is -0.136. The van der Waals surface area contributed by atoms with E-state index in [0.29, 0.717) is 4.47 Å². The number of aromatic hydroxyl groups is 1. The molecule has 0 heterocycles. The van der Waals surface area contributed by atoms with Crippen LogP contribution in [0, 0.1) is 5.82 Å². The normalized spacial score (nSPS) is 9.89. The van der Waals surface area contributed by atoms with Gasteiger partial charge in [-0.25, -0.2) is 9.18 Å². The van der Waals surface area contributed by atoms with E-state index in [1.165, 1.54) is 6.07 Å². The molecular formula is C10H10BrFN2O4. The summed E-state index contributed by atoms with van der Waals surface area (Å²) in [6, 6.07) is 1.63. The van der Waals surface area contributed by atoms with Gasteiger partial charge >= 0.3 is 12.0 Å². The topological polar surface area (TPSA) is 98.7 Å². The minimum Gasteiger partial charge on any atom is -0.503 e. The number of amides is 2. The average Bonchev–Trinajstić information content (AvgIpc) is 2.24. The zero-order chi connectivity index (χ0) is 13.7. The zero-order valence-corrected chi connectivity index (χ0v) is 10.6. The second-order valence-corrected chi connectivity index (χ2v) is 4.22. The summed E-state index contributed by atoms with van der Waals surface area (Å²) in [5, 5.41) is 22.2. The van der Waals surface area contributed by atoms with Crippen molar-refractivity contribution in [3.8, 4) is 5.75 Å². The largest absolute Gasteiger partial charge is 0.503 e. The summed E-state index contributed by atoms with van der Waals surface area (Å²) in [5.41, 5.74) is -0.116. The van der Waals surface area contributed by atoms with E-state index in [-0.39, 0.29) is 18.7 Å². The van der Waals surface area contributed by atoms with Crippen molar-refractivity contribution in [2.45, 2.75) is 6.42 Å². The molecule has 0 aliphatic rings. The third-order valence-electron chi connectivity index (χ3n) is 1.90. The first-order valence-electron chi connectivity index (χ1n) is 4.85. The Morgan fingerprint density at radius 3 is 2.67 bits per heavy atom. The fourth-order valence-electron chi connectivity index (χ4n) is 1.11. The number of hydrogen-bond acceptors (Lipinski definition) is 3. The van der Waals surface area contributed by atoms with Gasteiger partial charge in [-0.1, -0.05) is 15.9 Å². The SMILES string of the molecule is O=C(O)CCNC(=O)Nc1cc(Br)cc(F)c1O. The van der Waals surface area contributed by atoms with Crippen LogP contribution in [0.3, 0.4) is 0 Å². The molecule has 98 valence electrons. The number of carboxylic acids is 1. The molecule has 0 aliphatic carbocycles. The van der Waals surface area contributed by atoms with Crippen LogP contribution in [0.4, 0.5) is 14.9 Å². The van der Waals surface area contributed by atoms with Gasteiger partial charge in [-0.2, -0.15) is 0 Å². The Balaban J connectivity index is 2.62. The number of phenols is 1. The number of rotatable bonds is 4. The van der Waals surface area contributed by atoms with E-state index in [1.54, 1.807) is 0 Å². The predicted molar refractivity (Wildman–Crippen MR) is 65.0 cm³/mol. The van der Waals surface area contributed by atoms with Gasteiger partial charge < -0.3 is 20.8 Å². The van der Waals surface area contributed by atoms with Crippen LogP contribution in [0.15, 0.2) is 16.6 Å². The highest BCUT2D eigenvalue weighted by atomic mass is 79.9. The molecule has 0 saturated carbocycles. The molecule has 0 aliphatic heterocycles. The molecule has 0 atom stereocenters. The lowest BCUT2D eigenvalue weighted by Gasteiger charge is -2.09. The standard InChI is InChI=1S/C10H10BrFN2O4/c11-5-3-6(12)9(17)7(4-5)14-10(18)13-2-1-8(15)16/h3-4,17H,1-2H2,(H,15,16)(H2,13,14,18). The number of phenolic OH excluding ortho intramolecular Hbond substituents is 1. The Morgan fingerprint density at radius 2 is 2.06 bits per heavy atom. The van der Waals surface area contributed by atoms with E-state index in [4.69, 9.17) is 5.11 Å². The Kier molecular flexibility index (Phi) is 4.90. The van der Waals surface area contributed by atoms with Crippen LogP contribution in [0.5, 0.6) is 5.75 Å². The maximum absolute atomic E-state index is 13.1. The highest BCUT2D eigenvalue weighted by Crippen LogP contribution is 2.30. The first-order chi connectivity index (χ1) is 8.40. The zero-order valence-electron chi connectivity index (χ0n) is 9.04. The quantitative estimate of drug-likeness (QED) is 0.637. The molecule has 4 N–H and O–H groups in total. The number of benzene rings is 1. The molecule has 0 spiro atoms. The summed E-state index contributed by atoms with van der Waals surface area (Å²) in [5.74, 6) is -2.62. The summed E-state index contributed by atoms with van der Waals surface area (Å²) in [6.45, 7) is -0.0710. The molecule has 6 nitrogen and oxygen atoms in total. The van der Waals surface area contributed by atoms with E-state index >= 15 is 0 Å². The number of carbonyl (C=O) groups is 2. The summed E-state index contributed by atoms with van der Waals surface area (Å²) in [4.78, 5) is 21.5. The Bertz CT molecular complexity index is 481. The molecule has 0 saturated heterocycles. The van der Waals surface area contributed by atoms with Gasteiger partial charge in [0.2, 0.25) is 0 Å². The van der Waals surface area contributed by atoms with Crippen molar-refractivity contribution in [3.63, 3.8) is 0 Å². The number of nitrogens with one attached hydrogen (secondary N) is 2. The van der Waals surface area contributed by atoms with Gasteiger partial charge in [0.25, 0.3) is 0 Å². The third-order valence-corrected chi connectivity index (χ3v) is 2.36. The molecule has 0 bridgehead atoms. The van der Waals surface area contributed by atoms with Gasteiger partial charge in [-0.15, -0.1) is 0 Å². The smallest absolute Gasteiger partial charge is 0.319 e. The van der Waals surface area contributed by atoms with Crippen LogP contribution in [0.1, 0.15) is 6.42 Å². The van der Waals surface area contributed by atoms with Crippen LogP contribution in [-0.2, 0) is 4.79 Å².